The molecule has 1 heterocycles. The summed E-state index contributed by atoms with van der Waals surface area (Å²) in [7, 11) is 1.60. The maximum absolute atomic E-state index is 11.5. The number of aliphatic hydroxyl groups is 1. The van der Waals surface area contributed by atoms with Gasteiger partial charge in [0.25, 0.3) is 5.91 Å². The van der Waals surface area contributed by atoms with Crippen LogP contribution in [-0.2, 0) is 0 Å². The number of piperidine rings is 1. The van der Waals surface area contributed by atoms with E-state index in [1.165, 1.54) is 0 Å². The zero-order valence-corrected chi connectivity index (χ0v) is 11.2. The van der Waals surface area contributed by atoms with Gasteiger partial charge in [-0.25, -0.2) is 0 Å². The first-order chi connectivity index (χ1) is 9.15. The molecular formula is C14H21N3O2. The van der Waals surface area contributed by atoms with Gasteiger partial charge in [-0.1, -0.05) is 0 Å². The molecule has 1 amide bonds. The second-order valence-electron chi connectivity index (χ2n) is 4.97. The molecule has 19 heavy (non-hydrogen) atoms. The molecule has 4 N–H and O–H groups in total. The summed E-state index contributed by atoms with van der Waals surface area (Å²) in [4.78, 5) is 13.7. The molecule has 1 aromatic carbocycles. The van der Waals surface area contributed by atoms with Crippen LogP contribution in [0, 0.1) is 5.92 Å². The van der Waals surface area contributed by atoms with Crippen molar-refractivity contribution in [1.82, 2.24) is 5.32 Å². The van der Waals surface area contributed by atoms with E-state index in [9.17, 15) is 4.79 Å². The molecule has 0 bridgehead atoms. The Morgan fingerprint density at radius 1 is 1.47 bits per heavy atom. The molecule has 0 radical (unpaired) electrons. The van der Waals surface area contributed by atoms with Crippen molar-refractivity contribution in [3.8, 4) is 0 Å². The van der Waals surface area contributed by atoms with E-state index in [-0.39, 0.29) is 12.5 Å². The summed E-state index contributed by atoms with van der Waals surface area (Å²) < 4.78 is 0. The quantitative estimate of drug-likeness (QED) is 0.706. The van der Waals surface area contributed by atoms with Gasteiger partial charge in [0, 0.05) is 32.3 Å². The normalized spacial score (nSPS) is 16.4. The van der Waals surface area contributed by atoms with Crippen LogP contribution in [0.4, 0.5) is 11.4 Å². The number of carbonyl (C=O) groups is 1. The lowest BCUT2D eigenvalue weighted by molar-refractivity contribution is 0.0963. The molecule has 0 atom stereocenters. The first-order valence-electron chi connectivity index (χ1n) is 6.63. The minimum absolute atomic E-state index is 0.128. The van der Waals surface area contributed by atoms with Crippen LogP contribution in [0.1, 0.15) is 23.2 Å². The highest BCUT2D eigenvalue weighted by Crippen LogP contribution is 2.28. The summed E-state index contributed by atoms with van der Waals surface area (Å²) in [5, 5.41) is 11.7. The van der Waals surface area contributed by atoms with Crippen LogP contribution in [-0.4, -0.2) is 37.8 Å². The minimum Gasteiger partial charge on any atom is -0.397 e. The predicted octanol–water partition coefficient (Wildman–Crippen LogP) is 0.837. The highest BCUT2D eigenvalue weighted by atomic mass is 16.3. The van der Waals surface area contributed by atoms with Gasteiger partial charge in [0.05, 0.1) is 11.4 Å². The van der Waals surface area contributed by atoms with E-state index in [0.29, 0.717) is 17.2 Å². The van der Waals surface area contributed by atoms with Crippen LogP contribution in [0.2, 0.25) is 0 Å². The zero-order valence-electron chi connectivity index (χ0n) is 11.2. The first kappa shape index (κ1) is 13.7. The summed E-state index contributed by atoms with van der Waals surface area (Å²) in [5.74, 6) is 0.278. The number of nitrogens with one attached hydrogen (secondary N) is 1. The second-order valence-corrected chi connectivity index (χ2v) is 4.97. The van der Waals surface area contributed by atoms with Crippen molar-refractivity contribution in [3.63, 3.8) is 0 Å². The first-order valence-corrected chi connectivity index (χ1v) is 6.63. The van der Waals surface area contributed by atoms with Crippen LogP contribution in [0.15, 0.2) is 18.2 Å². The SMILES string of the molecule is CNC(=O)c1ccc(N2CCC(CO)CC2)c(N)c1. The molecule has 0 unspecified atom stereocenters. The van der Waals surface area contributed by atoms with Gasteiger partial charge in [0.1, 0.15) is 0 Å². The van der Waals surface area contributed by atoms with Crippen molar-refractivity contribution >= 4 is 17.3 Å². The van der Waals surface area contributed by atoms with Gasteiger partial charge >= 0.3 is 0 Å². The van der Waals surface area contributed by atoms with Crippen LogP contribution in [0.25, 0.3) is 0 Å². The number of hydrogen-bond donors (Lipinski definition) is 3. The third-order valence-electron chi connectivity index (χ3n) is 3.73. The van der Waals surface area contributed by atoms with Crippen molar-refractivity contribution in [3.05, 3.63) is 23.8 Å². The summed E-state index contributed by atoms with van der Waals surface area (Å²) in [6.45, 7) is 2.06. The van der Waals surface area contributed by atoms with Crippen molar-refractivity contribution in [1.29, 1.82) is 0 Å². The molecule has 0 spiro atoms. The zero-order chi connectivity index (χ0) is 13.8. The van der Waals surface area contributed by atoms with E-state index in [0.717, 1.165) is 31.6 Å². The maximum atomic E-state index is 11.5. The average molecular weight is 263 g/mol. The highest BCUT2D eigenvalue weighted by Gasteiger charge is 2.20. The summed E-state index contributed by atoms with van der Waals surface area (Å²) in [6, 6.07) is 5.41. The molecule has 5 nitrogen and oxygen atoms in total. The summed E-state index contributed by atoms with van der Waals surface area (Å²) >= 11 is 0. The molecule has 2 rings (SSSR count). The highest BCUT2D eigenvalue weighted by molar-refractivity contribution is 5.96. The Labute approximate surface area is 113 Å². The van der Waals surface area contributed by atoms with E-state index >= 15 is 0 Å². The molecule has 0 saturated carbocycles. The molecule has 1 fully saturated rings. The van der Waals surface area contributed by atoms with Gasteiger partial charge in [-0.15, -0.1) is 0 Å². The molecule has 0 aromatic heterocycles. The minimum atomic E-state index is -0.128. The summed E-state index contributed by atoms with van der Waals surface area (Å²) in [5.41, 5.74) is 8.22. The lowest BCUT2D eigenvalue weighted by Gasteiger charge is -2.33. The second kappa shape index (κ2) is 5.93. The van der Waals surface area contributed by atoms with Crippen LogP contribution < -0.4 is 16.0 Å². The Bertz CT molecular complexity index is 454. The van der Waals surface area contributed by atoms with Gasteiger partial charge in [-0.3, -0.25) is 4.79 Å². The molecule has 1 saturated heterocycles. The Hall–Kier alpha value is -1.75. The Balaban J connectivity index is 2.11. The largest absolute Gasteiger partial charge is 0.397 e. The van der Waals surface area contributed by atoms with E-state index in [1.807, 2.05) is 6.07 Å². The molecule has 1 aliphatic heterocycles. The molecular weight excluding hydrogens is 242 g/mol. The number of nitrogens with two attached hydrogens (primary N) is 1. The third-order valence-corrected chi connectivity index (χ3v) is 3.73. The fraction of sp³-hybridized carbons (Fsp3) is 0.500. The third kappa shape index (κ3) is 2.98. The maximum Gasteiger partial charge on any atom is 0.251 e. The topological polar surface area (TPSA) is 78.6 Å². The van der Waals surface area contributed by atoms with Crippen molar-refractivity contribution < 1.29 is 9.90 Å². The van der Waals surface area contributed by atoms with E-state index < -0.39 is 0 Å². The van der Waals surface area contributed by atoms with Crippen molar-refractivity contribution in [2.24, 2.45) is 5.92 Å². The van der Waals surface area contributed by atoms with Crippen molar-refractivity contribution in [2.45, 2.75) is 12.8 Å². The number of rotatable bonds is 3. The van der Waals surface area contributed by atoms with Gasteiger partial charge < -0.3 is 21.1 Å². The van der Waals surface area contributed by atoms with Crippen molar-refractivity contribution in [2.75, 3.05) is 37.4 Å². The number of carbonyl (C=O) groups excluding carboxylic acids is 1. The lowest BCUT2D eigenvalue weighted by Crippen LogP contribution is -2.35. The number of aliphatic hydroxyl groups excluding tert-OH is 1. The summed E-state index contributed by atoms with van der Waals surface area (Å²) in [6.07, 6.45) is 1.96. The van der Waals surface area contributed by atoms with Gasteiger partial charge in [0.2, 0.25) is 0 Å². The predicted molar refractivity (Wildman–Crippen MR) is 76.3 cm³/mol. The van der Waals surface area contributed by atoms with Gasteiger partial charge in [-0.05, 0) is 37.0 Å². The number of nitrogens with zero attached hydrogens (tertiary/aromatic N) is 1. The lowest BCUT2D eigenvalue weighted by atomic mass is 9.97. The molecule has 0 aliphatic carbocycles. The Morgan fingerprint density at radius 2 is 2.16 bits per heavy atom. The van der Waals surface area contributed by atoms with E-state index in [1.54, 1.807) is 19.2 Å². The number of amides is 1. The number of hydrogen-bond acceptors (Lipinski definition) is 4. The van der Waals surface area contributed by atoms with Crippen LogP contribution >= 0.6 is 0 Å². The molecule has 1 aliphatic rings. The fourth-order valence-electron chi connectivity index (χ4n) is 2.48. The molecule has 1 aromatic rings. The molecule has 104 valence electrons. The van der Waals surface area contributed by atoms with Gasteiger partial charge in [0.15, 0.2) is 0 Å². The van der Waals surface area contributed by atoms with E-state index in [4.69, 9.17) is 10.8 Å². The number of benzene rings is 1. The Morgan fingerprint density at radius 3 is 2.68 bits per heavy atom. The molecule has 5 heteroatoms. The van der Waals surface area contributed by atoms with Crippen LogP contribution in [0.5, 0.6) is 0 Å². The smallest absolute Gasteiger partial charge is 0.251 e. The fourth-order valence-corrected chi connectivity index (χ4v) is 2.48. The standard InChI is InChI=1S/C14H21N3O2/c1-16-14(19)11-2-3-13(12(15)8-11)17-6-4-10(9-18)5-7-17/h2-3,8,10,18H,4-7,9,15H2,1H3,(H,16,19). The number of anilines is 2. The monoisotopic (exact) mass is 263 g/mol. The van der Waals surface area contributed by atoms with Crippen LogP contribution in [0.3, 0.4) is 0 Å². The van der Waals surface area contributed by atoms with E-state index in [2.05, 4.69) is 10.2 Å². The Kier molecular flexibility index (Phi) is 4.27. The van der Waals surface area contributed by atoms with Gasteiger partial charge in [-0.2, -0.15) is 0 Å². The average Bonchev–Trinajstić information content (AvgIpc) is 2.46. The number of nitrogen functional groups attached to an aromatic ring is 1.